The molecule has 3 N–H and O–H groups in total. The van der Waals surface area contributed by atoms with E-state index in [1.807, 2.05) is 48.6 Å². The van der Waals surface area contributed by atoms with Crippen molar-refractivity contribution < 1.29 is 17.9 Å². The summed E-state index contributed by atoms with van der Waals surface area (Å²) in [4.78, 5) is 13.3. The summed E-state index contributed by atoms with van der Waals surface area (Å²) >= 11 is 1.04. The summed E-state index contributed by atoms with van der Waals surface area (Å²) in [5.41, 5.74) is 15.5. The standard InChI is InChI=1S/C31H24N4.Zn/c1-2-24(32)20-26-15-17-29(34-26)31(23-11-7-4-8-12-23)30-18-16-28(35-30)21-27-14-13-25(33-27)19-22-9-5-3-6-10-22;/h2-18,20-21,34H,1,32H2;/b24-20?,27-21?,31-30-;. The predicted molar refractivity (Wildman–Crippen MR) is 147 cm³/mol. The zero-order chi connectivity index (χ0) is 24.9. The second kappa shape index (κ2) is 10.6. The summed E-state index contributed by atoms with van der Waals surface area (Å²) in [5.74, 6) is 0. The zero-order valence-electron chi connectivity index (χ0n) is 19.9. The van der Waals surface area contributed by atoms with Gasteiger partial charge in [-0.25, -0.2) is 0 Å². The molecular formula is C31H24N4Zn. The molecule has 2 aliphatic rings. The van der Waals surface area contributed by atoms with Crippen LogP contribution < -0.4 is 5.73 Å². The van der Waals surface area contributed by atoms with Crippen molar-refractivity contribution in [3.05, 3.63) is 155 Å². The number of nitrogens with zero attached hydrogens (tertiary/aromatic N) is 2. The molecule has 3 heterocycles. The number of aromatic amines is 1. The Morgan fingerprint density at radius 2 is 1.56 bits per heavy atom. The molecule has 36 heavy (non-hydrogen) atoms. The molecule has 170 valence electrons. The summed E-state index contributed by atoms with van der Waals surface area (Å²) in [6.07, 6.45) is 13.8. The van der Waals surface area contributed by atoms with Gasteiger partial charge in [-0.3, -0.25) is 0 Å². The van der Waals surface area contributed by atoms with Gasteiger partial charge in [-0.1, -0.05) is 12.6 Å². The molecule has 1 aromatic heterocycles. The normalized spacial score (nSPS) is 17.4. The number of rotatable bonds is 7. The first kappa shape index (κ1) is 23.5. The van der Waals surface area contributed by atoms with Gasteiger partial charge in [0.1, 0.15) is 0 Å². The van der Waals surface area contributed by atoms with Crippen LogP contribution >= 0.6 is 0 Å². The third-order valence-corrected chi connectivity index (χ3v) is 7.52. The second-order valence-corrected chi connectivity index (χ2v) is 9.90. The van der Waals surface area contributed by atoms with E-state index in [9.17, 15) is 0 Å². The zero-order valence-corrected chi connectivity index (χ0v) is 22.8. The average Bonchev–Trinajstić information content (AvgIpc) is 3.68. The van der Waals surface area contributed by atoms with Crippen LogP contribution in [-0.2, 0) is 17.9 Å². The quantitative estimate of drug-likeness (QED) is 0.296. The van der Waals surface area contributed by atoms with Crippen molar-refractivity contribution in [2.75, 3.05) is 0 Å². The number of H-pyrrole nitrogens is 1. The van der Waals surface area contributed by atoms with E-state index in [1.165, 1.54) is 9.67 Å². The van der Waals surface area contributed by atoms with Gasteiger partial charge in [0.2, 0.25) is 0 Å². The Labute approximate surface area is 220 Å². The maximum atomic E-state index is 5.94. The molecule has 0 aliphatic carbocycles. The van der Waals surface area contributed by atoms with Crippen molar-refractivity contribution in [1.82, 2.24) is 4.98 Å². The Morgan fingerprint density at radius 1 is 0.833 bits per heavy atom. The third-order valence-electron chi connectivity index (χ3n) is 5.90. The molecule has 5 heteroatoms. The van der Waals surface area contributed by atoms with Crippen molar-refractivity contribution in [2.24, 2.45) is 15.7 Å². The molecule has 4 nitrogen and oxygen atoms in total. The van der Waals surface area contributed by atoms with E-state index in [0.29, 0.717) is 5.70 Å². The summed E-state index contributed by atoms with van der Waals surface area (Å²) in [6, 6.07) is 24.8. The van der Waals surface area contributed by atoms with E-state index in [2.05, 4.69) is 72.3 Å². The fourth-order valence-electron chi connectivity index (χ4n) is 4.09. The Morgan fingerprint density at radius 3 is 2.28 bits per heavy atom. The molecule has 3 aromatic rings. The van der Waals surface area contributed by atoms with Crippen LogP contribution in [0.25, 0.3) is 11.6 Å². The fourth-order valence-corrected chi connectivity index (χ4v) is 5.00. The van der Waals surface area contributed by atoms with Crippen LogP contribution in [-0.4, -0.2) is 20.5 Å². The molecule has 0 atom stereocenters. The molecule has 0 spiro atoms. The van der Waals surface area contributed by atoms with Gasteiger partial charge in [-0.15, -0.1) is 0 Å². The van der Waals surface area contributed by atoms with E-state index < -0.39 is 0 Å². The van der Waals surface area contributed by atoms with Gasteiger partial charge >= 0.3 is 185 Å². The molecule has 0 radical (unpaired) electrons. The fraction of sp³-hybridized carbons (Fsp3) is 0. The first-order valence-corrected chi connectivity index (χ1v) is 13.2. The molecule has 0 saturated carbocycles. The number of aliphatic imine (C=N–C) groups is 2. The molecule has 2 aliphatic heterocycles. The molecule has 2 aromatic carbocycles. The second-order valence-electron chi connectivity index (χ2n) is 8.42. The first-order valence-electron chi connectivity index (χ1n) is 11.7. The third kappa shape index (κ3) is 5.22. The van der Waals surface area contributed by atoms with Gasteiger partial charge in [-0.2, -0.15) is 0 Å². The molecular weight excluding hydrogens is 494 g/mol. The van der Waals surface area contributed by atoms with Crippen LogP contribution in [0.5, 0.6) is 0 Å². The summed E-state index contributed by atoms with van der Waals surface area (Å²) < 4.78 is 1.28. The maximum absolute atomic E-state index is 5.94. The molecule has 0 fully saturated rings. The number of aromatic nitrogens is 1. The summed E-state index contributed by atoms with van der Waals surface area (Å²) in [6.45, 7) is 3.73. The van der Waals surface area contributed by atoms with Crippen LogP contribution in [0, 0.1) is 0 Å². The number of nitrogens with one attached hydrogen (secondary N) is 1. The van der Waals surface area contributed by atoms with Crippen LogP contribution in [0.15, 0.2) is 143 Å². The van der Waals surface area contributed by atoms with E-state index >= 15 is 0 Å². The molecule has 0 saturated heterocycles. The monoisotopic (exact) mass is 516 g/mol. The van der Waals surface area contributed by atoms with Gasteiger partial charge < -0.3 is 5.73 Å². The Hall–Kier alpha value is -4.21. The minimum absolute atomic E-state index is 0.608. The van der Waals surface area contributed by atoms with Crippen molar-refractivity contribution in [3.8, 4) is 0 Å². The number of hydrogen-bond acceptors (Lipinski definition) is 3. The van der Waals surface area contributed by atoms with Crippen molar-refractivity contribution in [2.45, 2.75) is 0 Å². The predicted octanol–water partition coefficient (Wildman–Crippen LogP) is 5.93. The van der Waals surface area contributed by atoms with E-state index in [1.54, 1.807) is 6.08 Å². The van der Waals surface area contributed by atoms with Crippen LogP contribution in [0.2, 0.25) is 0 Å². The van der Waals surface area contributed by atoms with Gasteiger partial charge in [0, 0.05) is 5.70 Å². The van der Waals surface area contributed by atoms with Gasteiger partial charge in [0.05, 0.1) is 0 Å². The van der Waals surface area contributed by atoms with Crippen LogP contribution in [0.4, 0.5) is 0 Å². The van der Waals surface area contributed by atoms with Gasteiger partial charge in [-0.05, 0) is 12.2 Å². The van der Waals surface area contributed by atoms with Crippen molar-refractivity contribution >= 4 is 27.2 Å². The Bertz CT molecular complexity index is 1540. The van der Waals surface area contributed by atoms with Crippen LogP contribution in [0.3, 0.4) is 0 Å². The Balaban J connectivity index is 1.48. The topological polar surface area (TPSA) is 66.5 Å². The molecule has 0 unspecified atom stereocenters. The van der Waals surface area contributed by atoms with Crippen molar-refractivity contribution in [1.29, 1.82) is 0 Å². The van der Waals surface area contributed by atoms with Gasteiger partial charge in [0.15, 0.2) is 0 Å². The SMILES string of the molecule is C=CC(N)=Cc1ccc(/C(=C2/C=CC(C=C3C=CC([C](=[Zn])c4ccccc4)=N3)=N2)c2ccccc2)[nH]1. The number of benzene rings is 2. The minimum atomic E-state index is 0.608. The molecule has 5 rings (SSSR count). The Kier molecular flexibility index (Phi) is 6.93. The number of allylic oxidation sites excluding steroid dienone is 6. The average molecular weight is 518 g/mol. The summed E-state index contributed by atoms with van der Waals surface area (Å²) in [5, 5.41) is 0. The first-order chi connectivity index (χ1) is 17.6. The van der Waals surface area contributed by atoms with E-state index in [0.717, 1.165) is 63.2 Å². The molecule has 0 amide bonds. The molecule has 0 bridgehead atoms. The van der Waals surface area contributed by atoms with E-state index in [4.69, 9.17) is 15.7 Å². The van der Waals surface area contributed by atoms with Crippen LogP contribution in [0.1, 0.15) is 22.5 Å². The number of nitrogens with two attached hydrogens (primary N) is 1. The van der Waals surface area contributed by atoms with Crippen molar-refractivity contribution in [3.63, 3.8) is 0 Å². The van der Waals surface area contributed by atoms with Gasteiger partial charge in [0.25, 0.3) is 0 Å². The number of hydrogen-bond donors (Lipinski definition) is 2. The van der Waals surface area contributed by atoms with E-state index in [-0.39, 0.29) is 0 Å². The summed E-state index contributed by atoms with van der Waals surface area (Å²) in [7, 11) is 0.